The van der Waals surface area contributed by atoms with Gasteiger partial charge in [0.25, 0.3) is 11.8 Å². The van der Waals surface area contributed by atoms with E-state index < -0.39 is 0 Å². The van der Waals surface area contributed by atoms with Crippen LogP contribution in [0.2, 0.25) is 10.0 Å². The summed E-state index contributed by atoms with van der Waals surface area (Å²) in [6, 6.07) is 11.7. The van der Waals surface area contributed by atoms with Gasteiger partial charge in [0.1, 0.15) is 0 Å². The summed E-state index contributed by atoms with van der Waals surface area (Å²) in [5.41, 5.74) is 1.42. The molecule has 1 aliphatic rings. The topological polar surface area (TPSA) is 49.4 Å². The Morgan fingerprint density at radius 3 is 2.27 bits per heavy atom. The molecule has 0 aromatic heterocycles. The van der Waals surface area contributed by atoms with Crippen LogP contribution >= 0.6 is 23.2 Å². The summed E-state index contributed by atoms with van der Waals surface area (Å²) in [7, 11) is 0. The Bertz CT molecular complexity index is 815. The molecule has 2 aromatic carbocycles. The number of rotatable bonds is 3. The predicted octanol–water partition coefficient (Wildman–Crippen LogP) is 5.26. The monoisotopic (exact) mass is 390 g/mol. The number of nitrogens with zero attached hydrogens (tertiary/aromatic N) is 1. The van der Waals surface area contributed by atoms with E-state index in [0.717, 1.165) is 38.8 Å². The van der Waals surface area contributed by atoms with Crippen LogP contribution in [0.1, 0.15) is 46.4 Å². The number of carbonyl (C=O) groups is 2. The second-order valence-corrected chi connectivity index (χ2v) is 7.21. The lowest BCUT2D eigenvalue weighted by atomic mass is 10.1. The molecule has 0 bridgehead atoms. The molecule has 1 N–H and O–H groups in total. The highest BCUT2D eigenvalue weighted by Gasteiger charge is 2.18. The maximum absolute atomic E-state index is 12.7. The Labute approximate surface area is 163 Å². The smallest absolute Gasteiger partial charge is 0.255 e. The van der Waals surface area contributed by atoms with Gasteiger partial charge in [0, 0.05) is 29.2 Å². The summed E-state index contributed by atoms with van der Waals surface area (Å²) in [4.78, 5) is 27.1. The van der Waals surface area contributed by atoms with E-state index in [1.807, 2.05) is 4.90 Å². The zero-order valence-electron chi connectivity index (χ0n) is 14.3. The minimum Gasteiger partial charge on any atom is -0.339 e. The lowest BCUT2D eigenvalue weighted by molar-refractivity contribution is 0.0761. The van der Waals surface area contributed by atoms with E-state index in [9.17, 15) is 9.59 Å². The quantitative estimate of drug-likeness (QED) is 0.776. The molecule has 0 aliphatic carbocycles. The first-order valence-corrected chi connectivity index (χ1v) is 9.46. The van der Waals surface area contributed by atoms with Crippen LogP contribution in [0, 0.1) is 0 Å². The minimum absolute atomic E-state index is 0.0222. The molecule has 1 heterocycles. The van der Waals surface area contributed by atoms with Gasteiger partial charge in [-0.3, -0.25) is 9.59 Å². The van der Waals surface area contributed by atoms with Gasteiger partial charge in [-0.15, -0.1) is 0 Å². The second-order valence-electron chi connectivity index (χ2n) is 6.37. The minimum atomic E-state index is -0.320. The molecule has 6 heteroatoms. The number of hydrogen-bond acceptors (Lipinski definition) is 2. The van der Waals surface area contributed by atoms with Crippen molar-refractivity contribution in [3.63, 3.8) is 0 Å². The molecule has 136 valence electrons. The van der Waals surface area contributed by atoms with Crippen molar-refractivity contribution >= 4 is 40.7 Å². The second kappa shape index (κ2) is 8.56. The Morgan fingerprint density at radius 2 is 1.58 bits per heavy atom. The van der Waals surface area contributed by atoms with Crippen LogP contribution in [0.25, 0.3) is 0 Å². The molecule has 1 aliphatic heterocycles. The number of nitrogens with one attached hydrogen (secondary N) is 1. The fourth-order valence-corrected chi connectivity index (χ4v) is 3.49. The lowest BCUT2D eigenvalue weighted by Gasteiger charge is -2.20. The van der Waals surface area contributed by atoms with Crippen molar-refractivity contribution in [1.29, 1.82) is 0 Å². The molecule has 0 unspecified atom stereocenters. The number of benzene rings is 2. The fraction of sp³-hybridized carbons (Fsp3) is 0.300. The first-order chi connectivity index (χ1) is 12.5. The number of anilines is 1. The third-order valence-electron chi connectivity index (χ3n) is 4.44. The zero-order valence-corrected chi connectivity index (χ0v) is 15.8. The molecule has 26 heavy (non-hydrogen) atoms. The van der Waals surface area contributed by atoms with Gasteiger partial charge in [0.2, 0.25) is 0 Å². The van der Waals surface area contributed by atoms with Crippen molar-refractivity contribution in [2.75, 3.05) is 18.4 Å². The van der Waals surface area contributed by atoms with Crippen LogP contribution in [0.3, 0.4) is 0 Å². The van der Waals surface area contributed by atoms with Crippen molar-refractivity contribution < 1.29 is 9.59 Å². The summed E-state index contributed by atoms with van der Waals surface area (Å²) in [6.07, 6.45) is 4.38. The van der Waals surface area contributed by atoms with Gasteiger partial charge in [-0.2, -0.15) is 0 Å². The molecule has 0 saturated carbocycles. The molecule has 1 saturated heterocycles. The van der Waals surface area contributed by atoms with Gasteiger partial charge in [-0.05, 0) is 49.2 Å². The molecule has 0 radical (unpaired) electrons. The zero-order chi connectivity index (χ0) is 18.5. The molecule has 0 spiro atoms. The molecule has 0 atom stereocenters. The first-order valence-electron chi connectivity index (χ1n) is 8.70. The normalized spacial score (nSPS) is 14.6. The van der Waals surface area contributed by atoms with E-state index >= 15 is 0 Å². The highest BCUT2D eigenvalue weighted by molar-refractivity contribution is 6.36. The van der Waals surface area contributed by atoms with Crippen LogP contribution in [0.5, 0.6) is 0 Å². The number of amides is 2. The Hall–Kier alpha value is -2.04. The molecular formula is C20H20Cl2N2O2. The predicted molar refractivity (Wildman–Crippen MR) is 105 cm³/mol. The van der Waals surface area contributed by atoms with E-state index in [0.29, 0.717) is 26.9 Å². The van der Waals surface area contributed by atoms with E-state index in [2.05, 4.69) is 5.32 Å². The Balaban J connectivity index is 1.75. The first kappa shape index (κ1) is 18.7. The molecule has 2 aromatic rings. The van der Waals surface area contributed by atoms with Crippen LogP contribution in [-0.2, 0) is 0 Å². The van der Waals surface area contributed by atoms with Gasteiger partial charge in [-0.25, -0.2) is 0 Å². The summed E-state index contributed by atoms with van der Waals surface area (Å²) < 4.78 is 0. The van der Waals surface area contributed by atoms with Gasteiger partial charge in [0.15, 0.2) is 0 Å². The molecule has 1 fully saturated rings. The Kier molecular flexibility index (Phi) is 6.17. The van der Waals surface area contributed by atoms with Gasteiger partial charge >= 0.3 is 0 Å². The summed E-state index contributed by atoms with van der Waals surface area (Å²) >= 11 is 12.0. The number of likely N-dealkylation sites (tertiary alicyclic amines) is 1. The van der Waals surface area contributed by atoms with Crippen LogP contribution in [0.15, 0.2) is 42.5 Å². The maximum Gasteiger partial charge on any atom is 0.255 e. The van der Waals surface area contributed by atoms with Crippen molar-refractivity contribution in [1.82, 2.24) is 4.90 Å². The molecule has 3 rings (SSSR count). The van der Waals surface area contributed by atoms with Crippen molar-refractivity contribution in [3.05, 3.63) is 63.6 Å². The highest BCUT2D eigenvalue weighted by atomic mass is 35.5. The largest absolute Gasteiger partial charge is 0.339 e. The van der Waals surface area contributed by atoms with E-state index in [-0.39, 0.29) is 11.8 Å². The Morgan fingerprint density at radius 1 is 0.885 bits per heavy atom. The fourth-order valence-electron chi connectivity index (χ4n) is 3.04. The summed E-state index contributed by atoms with van der Waals surface area (Å²) in [5.74, 6) is -0.342. The number of carbonyl (C=O) groups excluding carboxylic acids is 2. The molecular weight excluding hydrogens is 371 g/mol. The maximum atomic E-state index is 12.7. The van der Waals surface area contributed by atoms with Gasteiger partial charge in [-0.1, -0.05) is 42.1 Å². The third kappa shape index (κ3) is 4.57. The molecule has 4 nitrogen and oxygen atoms in total. The lowest BCUT2D eigenvalue weighted by Crippen LogP contribution is -2.32. The number of halogens is 2. The van der Waals surface area contributed by atoms with Gasteiger partial charge < -0.3 is 10.2 Å². The van der Waals surface area contributed by atoms with Crippen LogP contribution in [0.4, 0.5) is 5.69 Å². The standard InChI is InChI=1S/C20H20Cl2N2O2/c21-16-8-9-18(17(22)13-16)23-19(25)14-6-5-7-15(12-14)20(26)24-10-3-1-2-4-11-24/h5-9,12-13H,1-4,10-11H2,(H,23,25). The van der Waals surface area contributed by atoms with Crippen molar-refractivity contribution in [2.24, 2.45) is 0 Å². The SMILES string of the molecule is O=C(Nc1ccc(Cl)cc1Cl)c1cccc(C(=O)N2CCCCCC2)c1. The van der Waals surface area contributed by atoms with Crippen LogP contribution < -0.4 is 5.32 Å². The van der Waals surface area contributed by atoms with Crippen LogP contribution in [-0.4, -0.2) is 29.8 Å². The summed E-state index contributed by atoms with van der Waals surface area (Å²) in [6.45, 7) is 1.55. The average molecular weight is 391 g/mol. The van der Waals surface area contributed by atoms with E-state index in [1.165, 1.54) is 0 Å². The van der Waals surface area contributed by atoms with Crippen molar-refractivity contribution in [3.8, 4) is 0 Å². The molecule has 2 amide bonds. The van der Waals surface area contributed by atoms with E-state index in [4.69, 9.17) is 23.2 Å². The number of hydrogen-bond donors (Lipinski definition) is 1. The van der Waals surface area contributed by atoms with E-state index in [1.54, 1.807) is 42.5 Å². The van der Waals surface area contributed by atoms with Crippen molar-refractivity contribution in [2.45, 2.75) is 25.7 Å². The summed E-state index contributed by atoms with van der Waals surface area (Å²) in [5, 5.41) is 3.62. The third-order valence-corrected chi connectivity index (χ3v) is 4.99. The average Bonchev–Trinajstić information content (AvgIpc) is 2.93. The van der Waals surface area contributed by atoms with Gasteiger partial charge in [0.05, 0.1) is 10.7 Å². The highest BCUT2D eigenvalue weighted by Crippen LogP contribution is 2.26.